The third kappa shape index (κ3) is 4.68. The van der Waals surface area contributed by atoms with E-state index < -0.39 is 53.1 Å². The van der Waals surface area contributed by atoms with E-state index >= 15 is 13.3 Å². The van der Waals surface area contributed by atoms with Crippen molar-refractivity contribution in [3.63, 3.8) is 0 Å². The van der Waals surface area contributed by atoms with Crippen LogP contribution in [0.3, 0.4) is 0 Å². The highest BCUT2D eigenvalue weighted by Crippen LogP contribution is 2.65. The number of halogens is 3. The summed E-state index contributed by atoms with van der Waals surface area (Å²) in [6.45, 7) is 6.33. The summed E-state index contributed by atoms with van der Waals surface area (Å²) in [6, 6.07) is 4.94. The van der Waals surface area contributed by atoms with Crippen molar-refractivity contribution in [3.8, 4) is 0 Å². The molecular formula is C29H31F3N2O4P+. The number of fused-ring (bicyclic) bond motifs is 2. The number of hydrogen-bond acceptors (Lipinski definition) is 4. The Hall–Kier alpha value is -3.42. The Morgan fingerprint density at radius 3 is 2.23 bits per heavy atom. The van der Waals surface area contributed by atoms with E-state index in [0.717, 1.165) is 6.92 Å². The molecule has 2 aromatic carbocycles. The molecule has 2 aromatic rings. The van der Waals surface area contributed by atoms with E-state index in [9.17, 15) is 14.3 Å². The fourth-order valence-electron chi connectivity index (χ4n) is 4.75. The molecular weight excluding hydrogens is 528 g/mol. The van der Waals surface area contributed by atoms with Gasteiger partial charge in [0.2, 0.25) is 0 Å². The van der Waals surface area contributed by atoms with Crippen LogP contribution in [-0.2, 0) is 9.09 Å². The fraction of sp³-hybridized carbons (Fsp3) is 0.310. The molecule has 0 aromatic heterocycles. The maximum atomic E-state index is 15.9. The largest absolute Gasteiger partial charge is 0.478 e. The Labute approximate surface area is 225 Å². The van der Waals surface area contributed by atoms with Crippen LogP contribution < -0.4 is 10.2 Å². The predicted octanol–water partition coefficient (Wildman–Crippen LogP) is 5.88. The molecule has 0 bridgehead atoms. The monoisotopic (exact) mass is 559 g/mol. The minimum Gasteiger partial charge on any atom is -0.478 e. The molecule has 0 saturated carbocycles. The van der Waals surface area contributed by atoms with Gasteiger partial charge >= 0.3 is 5.97 Å². The molecule has 206 valence electrons. The zero-order chi connectivity index (χ0) is 29.2. The lowest BCUT2D eigenvalue weighted by atomic mass is 9.85. The Morgan fingerprint density at radius 1 is 1.05 bits per heavy atom. The minimum atomic E-state index is -3.91. The van der Waals surface area contributed by atoms with E-state index in [0.29, 0.717) is 11.4 Å². The van der Waals surface area contributed by atoms with Gasteiger partial charge in [-0.1, -0.05) is 6.07 Å². The topological polar surface area (TPSA) is 69.8 Å². The molecule has 0 spiro atoms. The first-order chi connectivity index (χ1) is 18.0. The first-order valence-corrected chi connectivity index (χ1v) is 13.8. The second-order valence-corrected chi connectivity index (χ2v) is 13.2. The van der Waals surface area contributed by atoms with Crippen molar-refractivity contribution in [1.82, 2.24) is 0 Å². The number of allylic oxidation sites excluding steroid dienone is 5. The number of aromatic carboxylic acids is 1. The molecule has 1 unspecified atom stereocenters. The average Bonchev–Trinajstić information content (AvgIpc) is 2.84. The van der Waals surface area contributed by atoms with Crippen LogP contribution in [0.25, 0.3) is 5.57 Å². The van der Waals surface area contributed by atoms with Gasteiger partial charge in [-0.25, -0.2) is 22.5 Å². The van der Waals surface area contributed by atoms with Crippen molar-refractivity contribution < 1.29 is 36.7 Å². The lowest BCUT2D eigenvalue weighted by Gasteiger charge is -2.37. The van der Waals surface area contributed by atoms with Crippen LogP contribution >= 0.6 is 7.37 Å². The zero-order valence-corrected chi connectivity index (χ0v) is 24.0. The molecule has 10 heteroatoms. The van der Waals surface area contributed by atoms with Crippen LogP contribution in [0.1, 0.15) is 47.8 Å². The maximum absolute atomic E-state index is 15.9. The highest BCUT2D eigenvalue weighted by atomic mass is 31.2. The van der Waals surface area contributed by atoms with Crippen LogP contribution in [0.2, 0.25) is 0 Å². The van der Waals surface area contributed by atoms with Gasteiger partial charge < -0.3 is 14.5 Å². The van der Waals surface area contributed by atoms with E-state index in [4.69, 9.17) is 4.52 Å². The fourth-order valence-corrected chi connectivity index (χ4v) is 7.59. The SMILES string of the molecule is Cc1c(F)c(F)c(C(=O)O)c(C2=C3C=CC(=[N+](C)C)C=C3P(=O)(OC(C)(C)C)c3cc(N(C)C)ccc32)c1F. The minimum absolute atomic E-state index is 0.00324. The van der Waals surface area contributed by atoms with Crippen LogP contribution in [0.15, 0.2) is 47.3 Å². The summed E-state index contributed by atoms with van der Waals surface area (Å²) in [5, 5.41) is 10.3. The number of nitrogens with zero attached hydrogens (tertiary/aromatic N) is 2. The van der Waals surface area contributed by atoms with Crippen molar-refractivity contribution >= 4 is 35.6 Å². The quantitative estimate of drug-likeness (QED) is 0.288. The smallest absolute Gasteiger partial charge is 0.339 e. The summed E-state index contributed by atoms with van der Waals surface area (Å²) in [5.74, 6) is -6.27. The number of anilines is 1. The van der Waals surface area contributed by atoms with Crippen LogP contribution in [-0.4, -0.2) is 55.2 Å². The maximum Gasteiger partial charge on any atom is 0.339 e. The number of benzene rings is 2. The molecule has 1 aliphatic carbocycles. The van der Waals surface area contributed by atoms with Gasteiger partial charge in [0.25, 0.3) is 7.37 Å². The van der Waals surface area contributed by atoms with E-state index in [-0.39, 0.29) is 27.3 Å². The summed E-state index contributed by atoms with van der Waals surface area (Å²) in [6.07, 6.45) is 4.94. The van der Waals surface area contributed by atoms with Crippen molar-refractivity contribution in [2.45, 2.75) is 33.3 Å². The summed E-state index contributed by atoms with van der Waals surface area (Å²) >= 11 is 0. The van der Waals surface area contributed by atoms with Gasteiger partial charge in [0.15, 0.2) is 17.3 Å². The van der Waals surface area contributed by atoms with Gasteiger partial charge in [-0.15, -0.1) is 0 Å². The molecule has 6 nitrogen and oxygen atoms in total. The molecule has 0 radical (unpaired) electrons. The molecule has 4 rings (SSSR count). The molecule has 39 heavy (non-hydrogen) atoms. The van der Waals surface area contributed by atoms with Crippen molar-refractivity contribution in [2.75, 3.05) is 33.1 Å². The Balaban J connectivity index is 2.28. The lowest BCUT2D eigenvalue weighted by Crippen LogP contribution is -2.30. The predicted molar refractivity (Wildman–Crippen MR) is 147 cm³/mol. The lowest BCUT2D eigenvalue weighted by molar-refractivity contribution is -0.462. The van der Waals surface area contributed by atoms with Gasteiger partial charge in [-0.2, -0.15) is 0 Å². The first kappa shape index (κ1) is 28.6. The molecule has 1 atom stereocenters. The molecule has 1 N–H and O–H groups in total. The van der Waals surface area contributed by atoms with Crippen LogP contribution in [0, 0.1) is 24.4 Å². The van der Waals surface area contributed by atoms with Crippen molar-refractivity contribution in [2.24, 2.45) is 0 Å². The summed E-state index contributed by atoms with van der Waals surface area (Å²) in [4.78, 5) is 14.0. The van der Waals surface area contributed by atoms with E-state index in [1.54, 1.807) is 94.9 Å². The van der Waals surface area contributed by atoms with Gasteiger partial charge in [-0.05, 0) is 57.0 Å². The van der Waals surface area contributed by atoms with E-state index in [1.807, 2.05) is 0 Å². The van der Waals surface area contributed by atoms with Crippen molar-refractivity contribution in [1.29, 1.82) is 0 Å². The highest BCUT2D eigenvalue weighted by molar-refractivity contribution is 7.71. The van der Waals surface area contributed by atoms with E-state index in [2.05, 4.69) is 0 Å². The summed E-state index contributed by atoms with van der Waals surface area (Å²) in [5.41, 5.74) is -1.52. The second-order valence-electron chi connectivity index (χ2n) is 10.9. The standard InChI is InChI=1S/C29H30F3N2O4P/c1-15-25(30)23(24(28(35)36)27(32)26(15)31)22-18-11-9-16(33(5)6)13-20(18)39(37,38-29(2,3)4)21-14-17(34(7)8)10-12-19(21)22/h9-14H,1-8H3/p+1. The third-order valence-electron chi connectivity index (χ3n) is 6.57. The molecule has 1 aliphatic heterocycles. The number of hydrogen-bond donors (Lipinski definition) is 1. The number of rotatable bonds is 4. The normalized spacial score (nSPS) is 18.5. The number of carboxylic acid groups (broad SMARTS) is 1. The number of carbonyl (C=O) groups is 1. The molecule has 0 saturated heterocycles. The Morgan fingerprint density at radius 2 is 1.69 bits per heavy atom. The van der Waals surface area contributed by atoms with Gasteiger partial charge in [-0.3, -0.25) is 4.57 Å². The van der Waals surface area contributed by atoms with Crippen molar-refractivity contribution in [3.05, 3.63) is 87.0 Å². The molecule has 2 aliphatic rings. The molecule has 1 heterocycles. The third-order valence-corrected chi connectivity index (χ3v) is 9.39. The zero-order valence-electron chi connectivity index (χ0n) is 23.1. The van der Waals surface area contributed by atoms with Crippen LogP contribution in [0.5, 0.6) is 0 Å². The van der Waals surface area contributed by atoms with E-state index in [1.165, 1.54) is 0 Å². The average molecular weight is 560 g/mol. The molecule has 0 fully saturated rings. The highest BCUT2D eigenvalue weighted by Gasteiger charge is 2.46. The summed E-state index contributed by atoms with van der Waals surface area (Å²) < 4.78 is 68.8. The van der Waals surface area contributed by atoms with Gasteiger partial charge in [0.1, 0.15) is 25.5 Å². The second kappa shape index (κ2) is 9.65. The summed E-state index contributed by atoms with van der Waals surface area (Å²) in [7, 11) is 3.28. The van der Waals surface area contributed by atoms with Crippen LogP contribution in [0.4, 0.5) is 18.9 Å². The Bertz CT molecular complexity index is 1610. The first-order valence-electron chi connectivity index (χ1n) is 12.2. The van der Waals surface area contributed by atoms with Gasteiger partial charge in [0, 0.05) is 48.6 Å². The molecule has 0 amide bonds. The Kier molecular flexibility index (Phi) is 7.07. The number of carboxylic acids is 1. The van der Waals surface area contributed by atoms with Gasteiger partial charge in [0.05, 0.1) is 16.2 Å².